The minimum Gasteiger partial charge on any atom is -0.497 e. The van der Waals surface area contributed by atoms with Crippen LogP contribution in [0.5, 0.6) is 11.5 Å². The van der Waals surface area contributed by atoms with Gasteiger partial charge >= 0.3 is 0 Å². The third kappa shape index (κ3) is 5.57. The van der Waals surface area contributed by atoms with Gasteiger partial charge in [0.15, 0.2) is 6.61 Å². The average molecular weight is 365 g/mol. The number of amides is 1. The molecule has 2 aromatic rings. The lowest BCUT2D eigenvalue weighted by Crippen LogP contribution is -2.22. The van der Waals surface area contributed by atoms with Crippen LogP contribution in [0.2, 0.25) is 0 Å². The summed E-state index contributed by atoms with van der Waals surface area (Å²) in [5.41, 5.74) is 7.84. The van der Waals surface area contributed by atoms with Crippen molar-refractivity contribution >= 4 is 29.7 Å². The lowest BCUT2D eigenvalue weighted by Gasteiger charge is -2.22. The Morgan fingerprint density at radius 2 is 1.84 bits per heavy atom. The smallest absolute Gasteiger partial charge is 0.262 e. The standard InChI is InChI=1S/C19H24N2O3.ClH/c1-19(2,3)14-7-5-6-8-17(14)24-12-18(22)21-16-11-13(23-4)9-10-15(16)20;/h5-11H,12,20H2,1-4H3,(H,21,22);1H. The topological polar surface area (TPSA) is 73.6 Å². The molecule has 0 saturated heterocycles. The Balaban J connectivity index is 0.00000312. The summed E-state index contributed by atoms with van der Waals surface area (Å²) in [6, 6.07) is 12.8. The number of nitrogen functional groups attached to an aromatic ring is 1. The number of carbonyl (C=O) groups is 1. The van der Waals surface area contributed by atoms with Crippen molar-refractivity contribution in [1.82, 2.24) is 0 Å². The molecule has 0 fully saturated rings. The molecule has 1 amide bonds. The van der Waals surface area contributed by atoms with E-state index in [2.05, 4.69) is 26.1 Å². The molecular weight excluding hydrogens is 340 g/mol. The van der Waals surface area contributed by atoms with Gasteiger partial charge in [-0.2, -0.15) is 0 Å². The van der Waals surface area contributed by atoms with Gasteiger partial charge in [-0.1, -0.05) is 39.0 Å². The summed E-state index contributed by atoms with van der Waals surface area (Å²) in [7, 11) is 1.56. The summed E-state index contributed by atoms with van der Waals surface area (Å²) < 4.78 is 10.8. The second kappa shape index (κ2) is 8.62. The maximum Gasteiger partial charge on any atom is 0.262 e. The Hall–Kier alpha value is -2.40. The van der Waals surface area contributed by atoms with Gasteiger partial charge in [0, 0.05) is 6.07 Å². The van der Waals surface area contributed by atoms with Crippen molar-refractivity contribution in [2.45, 2.75) is 26.2 Å². The summed E-state index contributed by atoms with van der Waals surface area (Å²) in [4.78, 5) is 12.2. The fraction of sp³-hybridized carbons (Fsp3) is 0.316. The first-order chi connectivity index (χ1) is 11.3. The molecule has 0 spiro atoms. The largest absolute Gasteiger partial charge is 0.497 e. The van der Waals surface area contributed by atoms with Gasteiger partial charge < -0.3 is 20.5 Å². The van der Waals surface area contributed by atoms with Gasteiger partial charge in [0.05, 0.1) is 18.5 Å². The molecule has 0 aliphatic rings. The van der Waals surface area contributed by atoms with Gasteiger partial charge in [0.25, 0.3) is 5.91 Å². The summed E-state index contributed by atoms with van der Waals surface area (Å²) in [6.45, 7) is 6.22. The van der Waals surface area contributed by atoms with Crippen LogP contribution >= 0.6 is 12.4 Å². The van der Waals surface area contributed by atoms with E-state index in [0.29, 0.717) is 22.9 Å². The molecule has 136 valence electrons. The van der Waals surface area contributed by atoms with E-state index in [1.807, 2.05) is 24.3 Å². The predicted octanol–water partition coefficient (Wildman–Crippen LogP) is 4.01. The summed E-state index contributed by atoms with van der Waals surface area (Å²) in [5.74, 6) is 1.05. The molecule has 2 rings (SSSR count). The monoisotopic (exact) mass is 364 g/mol. The minimum absolute atomic E-state index is 0. The quantitative estimate of drug-likeness (QED) is 0.786. The van der Waals surface area contributed by atoms with Crippen molar-refractivity contribution in [3.05, 3.63) is 48.0 Å². The van der Waals surface area contributed by atoms with Crippen LogP contribution in [0.15, 0.2) is 42.5 Å². The Morgan fingerprint density at radius 1 is 1.16 bits per heavy atom. The highest BCUT2D eigenvalue weighted by Crippen LogP contribution is 2.31. The molecule has 25 heavy (non-hydrogen) atoms. The fourth-order valence-corrected chi connectivity index (χ4v) is 2.31. The van der Waals surface area contributed by atoms with Crippen LogP contribution < -0.4 is 20.5 Å². The molecule has 0 heterocycles. The van der Waals surface area contributed by atoms with Crippen molar-refractivity contribution in [1.29, 1.82) is 0 Å². The van der Waals surface area contributed by atoms with Gasteiger partial charge in [-0.3, -0.25) is 4.79 Å². The van der Waals surface area contributed by atoms with E-state index in [1.165, 1.54) is 0 Å². The normalized spacial score (nSPS) is 10.6. The van der Waals surface area contributed by atoms with E-state index in [-0.39, 0.29) is 30.3 Å². The van der Waals surface area contributed by atoms with Gasteiger partial charge in [0.1, 0.15) is 11.5 Å². The molecule has 0 atom stereocenters. The molecule has 0 bridgehead atoms. The number of nitrogens with one attached hydrogen (secondary N) is 1. The Kier molecular flexibility index (Phi) is 7.12. The van der Waals surface area contributed by atoms with Gasteiger partial charge in [-0.25, -0.2) is 0 Å². The number of halogens is 1. The predicted molar refractivity (Wildman–Crippen MR) is 104 cm³/mol. The first kappa shape index (κ1) is 20.6. The minimum atomic E-state index is -0.279. The van der Waals surface area contributed by atoms with E-state index in [1.54, 1.807) is 25.3 Å². The second-order valence-corrected chi connectivity index (χ2v) is 6.54. The highest BCUT2D eigenvalue weighted by Gasteiger charge is 2.19. The average Bonchev–Trinajstić information content (AvgIpc) is 2.54. The van der Waals surface area contributed by atoms with Crippen LogP contribution in [-0.2, 0) is 10.2 Å². The molecular formula is C19H25ClN2O3. The zero-order valence-corrected chi connectivity index (χ0v) is 15.8. The zero-order valence-electron chi connectivity index (χ0n) is 15.0. The van der Waals surface area contributed by atoms with E-state index in [0.717, 1.165) is 5.56 Å². The second-order valence-electron chi connectivity index (χ2n) is 6.54. The lowest BCUT2D eigenvalue weighted by molar-refractivity contribution is -0.118. The first-order valence-electron chi connectivity index (χ1n) is 7.77. The fourth-order valence-electron chi connectivity index (χ4n) is 2.31. The highest BCUT2D eigenvalue weighted by molar-refractivity contribution is 5.95. The van der Waals surface area contributed by atoms with Crippen molar-refractivity contribution in [2.75, 3.05) is 24.8 Å². The molecule has 2 aromatic carbocycles. The van der Waals surface area contributed by atoms with Crippen molar-refractivity contribution in [3.8, 4) is 11.5 Å². The van der Waals surface area contributed by atoms with Crippen LogP contribution in [0.4, 0.5) is 11.4 Å². The summed E-state index contributed by atoms with van der Waals surface area (Å²) in [5, 5.41) is 2.74. The van der Waals surface area contributed by atoms with Gasteiger partial charge in [-0.15, -0.1) is 12.4 Å². The number of hydrogen-bond acceptors (Lipinski definition) is 4. The summed E-state index contributed by atoms with van der Waals surface area (Å²) >= 11 is 0. The Morgan fingerprint density at radius 3 is 2.48 bits per heavy atom. The molecule has 0 aromatic heterocycles. The molecule has 3 N–H and O–H groups in total. The van der Waals surface area contributed by atoms with E-state index in [4.69, 9.17) is 15.2 Å². The zero-order chi connectivity index (χ0) is 17.7. The van der Waals surface area contributed by atoms with E-state index < -0.39 is 0 Å². The van der Waals surface area contributed by atoms with E-state index in [9.17, 15) is 4.79 Å². The maximum atomic E-state index is 12.2. The number of benzene rings is 2. The van der Waals surface area contributed by atoms with E-state index >= 15 is 0 Å². The molecule has 0 aliphatic heterocycles. The molecule has 6 heteroatoms. The number of hydrogen-bond donors (Lipinski definition) is 2. The van der Waals surface area contributed by atoms with Crippen LogP contribution in [0.3, 0.4) is 0 Å². The van der Waals surface area contributed by atoms with Crippen LogP contribution in [0.1, 0.15) is 26.3 Å². The molecule has 0 aliphatic carbocycles. The van der Waals surface area contributed by atoms with Crippen molar-refractivity contribution in [3.63, 3.8) is 0 Å². The molecule has 5 nitrogen and oxygen atoms in total. The van der Waals surface area contributed by atoms with Crippen LogP contribution in [0.25, 0.3) is 0 Å². The third-order valence-corrected chi connectivity index (χ3v) is 3.59. The van der Waals surface area contributed by atoms with Gasteiger partial charge in [0.2, 0.25) is 0 Å². The van der Waals surface area contributed by atoms with Gasteiger partial charge in [-0.05, 0) is 29.2 Å². The van der Waals surface area contributed by atoms with Crippen LogP contribution in [-0.4, -0.2) is 19.6 Å². The van der Waals surface area contributed by atoms with Crippen molar-refractivity contribution < 1.29 is 14.3 Å². The summed E-state index contributed by atoms with van der Waals surface area (Å²) in [6.07, 6.45) is 0. The lowest BCUT2D eigenvalue weighted by atomic mass is 9.86. The van der Waals surface area contributed by atoms with Crippen molar-refractivity contribution in [2.24, 2.45) is 0 Å². The molecule has 0 saturated carbocycles. The number of rotatable bonds is 5. The number of anilines is 2. The Bertz CT molecular complexity index is 727. The van der Waals surface area contributed by atoms with Crippen LogP contribution in [0, 0.1) is 0 Å². The molecule has 0 unspecified atom stereocenters. The number of ether oxygens (including phenoxy) is 2. The highest BCUT2D eigenvalue weighted by atomic mass is 35.5. The first-order valence-corrected chi connectivity index (χ1v) is 7.77. The number of methoxy groups -OCH3 is 1. The number of carbonyl (C=O) groups excluding carboxylic acids is 1. The number of para-hydroxylation sites is 1. The molecule has 0 radical (unpaired) electrons. The third-order valence-electron chi connectivity index (χ3n) is 3.59. The number of nitrogens with two attached hydrogens (primary N) is 1. The SMILES string of the molecule is COc1ccc(N)c(NC(=O)COc2ccccc2C(C)(C)C)c1.Cl. The Labute approximate surface area is 154 Å². The maximum absolute atomic E-state index is 12.2.